The zero-order valence-corrected chi connectivity index (χ0v) is 23.6. The largest absolute Gasteiger partial charge is 0.492 e. The summed E-state index contributed by atoms with van der Waals surface area (Å²) in [5, 5.41) is 3.49. The number of ether oxygens (including phenoxy) is 1. The van der Waals surface area contributed by atoms with E-state index in [0.29, 0.717) is 53.5 Å². The Bertz CT molecular complexity index is 1470. The second kappa shape index (κ2) is 12.2. The van der Waals surface area contributed by atoms with Gasteiger partial charge >= 0.3 is 6.03 Å². The van der Waals surface area contributed by atoms with E-state index in [9.17, 15) is 9.59 Å². The molecule has 3 aromatic carbocycles. The number of fused-ring (bicyclic) bond motifs is 1. The number of urea groups is 1. The molecule has 8 nitrogen and oxygen atoms in total. The molecule has 1 N–H and O–H groups in total. The summed E-state index contributed by atoms with van der Waals surface area (Å²) in [7, 11) is 3.91. The van der Waals surface area contributed by atoms with Crippen molar-refractivity contribution in [3.05, 3.63) is 93.4 Å². The zero-order chi connectivity index (χ0) is 27.2. The summed E-state index contributed by atoms with van der Waals surface area (Å²) in [4.78, 5) is 36.2. The molecule has 9 heteroatoms. The second-order valence-corrected chi connectivity index (χ2v) is 10.1. The van der Waals surface area contributed by atoms with Gasteiger partial charge < -0.3 is 19.9 Å². The SMILES string of the molecule is CCOc1ccccc1-n1c(C(C)N(CCN(C)C)C(=O)Nc2ccc(Br)cc2)nc2ccccc2c1=O. The predicted octanol–water partition coefficient (Wildman–Crippen LogP) is 5.70. The first-order valence-electron chi connectivity index (χ1n) is 12.5. The number of amides is 2. The van der Waals surface area contributed by atoms with E-state index in [1.54, 1.807) is 15.5 Å². The van der Waals surface area contributed by atoms with Gasteiger partial charge in [-0.25, -0.2) is 9.78 Å². The lowest BCUT2D eigenvalue weighted by Gasteiger charge is -2.31. The van der Waals surface area contributed by atoms with Crippen LogP contribution >= 0.6 is 15.9 Å². The second-order valence-electron chi connectivity index (χ2n) is 9.14. The molecule has 0 radical (unpaired) electrons. The number of halogens is 1. The summed E-state index contributed by atoms with van der Waals surface area (Å²) >= 11 is 3.43. The Morgan fingerprint density at radius 2 is 1.71 bits per heavy atom. The van der Waals surface area contributed by atoms with Crippen molar-refractivity contribution in [2.45, 2.75) is 19.9 Å². The van der Waals surface area contributed by atoms with Crippen LogP contribution in [0.3, 0.4) is 0 Å². The third-order valence-electron chi connectivity index (χ3n) is 6.19. The maximum atomic E-state index is 13.9. The molecule has 1 atom stereocenters. The minimum atomic E-state index is -0.544. The molecule has 198 valence electrons. The zero-order valence-electron chi connectivity index (χ0n) is 22.0. The number of para-hydroxylation sites is 3. The molecule has 1 unspecified atom stereocenters. The number of rotatable bonds is 9. The van der Waals surface area contributed by atoms with E-state index in [0.717, 1.165) is 4.47 Å². The summed E-state index contributed by atoms with van der Waals surface area (Å²) in [6.07, 6.45) is 0. The third-order valence-corrected chi connectivity index (χ3v) is 6.72. The number of nitrogens with zero attached hydrogens (tertiary/aromatic N) is 4. The van der Waals surface area contributed by atoms with Crippen molar-refractivity contribution in [3.8, 4) is 11.4 Å². The van der Waals surface area contributed by atoms with E-state index in [-0.39, 0.29) is 11.6 Å². The third kappa shape index (κ3) is 6.06. The van der Waals surface area contributed by atoms with Crippen molar-refractivity contribution in [2.75, 3.05) is 39.1 Å². The summed E-state index contributed by atoms with van der Waals surface area (Å²) in [5.41, 5.74) is 1.61. The molecule has 0 aliphatic rings. The van der Waals surface area contributed by atoms with E-state index >= 15 is 0 Å². The highest BCUT2D eigenvalue weighted by molar-refractivity contribution is 9.10. The Hall–Kier alpha value is -3.69. The van der Waals surface area contributed by atoms with Gasteiger partial charge in [0.2, 0.25) is 0 Å². The van der Waals surface area contributed by atoms with Crippen molar-refractivity contribution in [3.63, 3.8) is 0 Å². The van der Waals surface area contributed by atoms with Gasteiger partial charge in [0.05, 0.1) is 29.2 Å². The number of likely N-dealkylation sites (N-methyl/N-ethyl adjacent to an activating group) is 1. The molecule has 0 aliphatic carbocycles. The van der Waals surface area contributed by atoms with Crippen LogP contribution in [-0.4, -0.2) is 59.2 Å². The molecule has 4 aromatic rings. The normalized spacial score (nSPS) is 11.9. The van der Waals surface area contributed by atoms with Crippen LogP contribution in [-0.2, 0) is 0 Å². The van der Waals surface area contributed by atoms with Gasteiger partial charge in [-0.3, -0.25) is 9.36 Å². The number of hydrogen-bond acceptors (Lipinski definition) is 5. The number of carbonyl (C=O) groups excluding carboxylic acids is 1. The maximum Gasteiger partial charge on any atom is 0.322 e. The van der Waals surface area contributed by atoms with Crippen molar-refractivity contribution in [2.24, 2.45) is 0 Å². The lowest BCUT2D eigenvalue weighted by atomic mass is 10.1. The Kier molecular flexibility index (Phi) is 8.81. The fourth-order valence-electron chi connectivity index (χ4n) is 4.23. The first-order chi connectivity index (χ1) is 18.3. The quantitative estimate of drug-likeness (QED) is 0.276. The Balaban J connectivity index is 1.86. The van der Waals surface area contributed by atoms with Crippen molar-refractivity contribution < 1.29 is 9.53 Å². The summed E-state index contributed by atoms with van der Waals surface area (Å²) < 4.78 is 8.38. The highest BCUT2D eigenvalue weighted by Gasteiger charge is 2.28. The maximum absolute atomic E-state index is 13.9. The number of nitrogens with one attached hydrogen (secondary N) is 1. The minimum Gasteiger partial charge on any atom is -0.492 e. The lowest BCUT2D eigenvalue weighted by molar-refractivity contribution is 0.181. The molecule has 38 heavy (non-hydrogen) atoms. The molecule has 0 bridgehead atoms. The van der Waals surface area contributed by atoms with Gasteiger partial charge in [0.25, 0.3) is 5.56 Å². The van der Waals surface area contributed by atoms with Gasteiger partial charge in [0, 0.05) is 23.2 Å². The number of hydrogen-bond donors (Lipinski definition) is 1. The smallest absolute Gasteiger partial charge is 0.322 e. The van der Waals surface area contributed by atoms with Crippen molar-refractivity contribution >= 4 is 38.6 Å². The van der Waals surface area contributed by atoms with E-state index in [1.165, 1.54) is 0 Å². The fourth-order valence-corrected chi connectivity index (χ4v) is 4.49. The van der Waals surface area contributed by atoms with Crippen LogP contribution in [0.25, 0.3) is 16.6 Å². The van der Waals surface area contributed by atoms with Gasteiger partial charge in [0.15, 0.2) is 0 Å². The lowest BCUT2D eigenvalue weighted by Crippen LogP contribution is -2.43. The Morgan fingerprint density at radius 3 is 2.42 bits per heavy atom. The summed E-state index contributed by atoms with van der Waals surface area (Å²) in [5.74, 6) is 1.02. The number of anilines is 1. The van der Waals surface area contributed by atoms with Crippen LogP contribution in [0.15, 0.2) is 82.1 Å². The molecule has 0 aliphatic heterocycles. The van der Waals surface area contributed by atoms with Crippen LogP contribution in [0, 0.1) is 0 Å². The molecule has 0 fully saturated rings. The van der Waals surface area contributed by atoms with E-state index < -0.39 is 6.04 Å². The molecule has 0 spiro atoms. The highest BCUT2D eigenvalue weighted by atomic mass is 79.9. The average molecular weight is 579 g/mol. The standard InChI is InChI=1S/C29H32BrN5O3/c1-5-38-26-13-9-8-12-25(26)35-27(32-24-11-7-6-10-23(24)28(35)36)20(2)34(19-18-33(3)4)29(37)31-22-16-14-21(30)15-17-22/h6-17,20H,5,18-19H2,1-4H3,(H,31,37). The fraction of sp³-hybridized carbons (Fsp3) is 0.276. The monoisotopic (exact) mass is 577 g/mol. The van der Waals surface area contributed by atoms with Gasteiger partial charge in [0.1, 0.15) is 11.6 Å². The summed E-state index contributed by atoms with van der Waals surface area (Å²) in [6.45, 7) is 5.30. The van der Waals surface area contributed by atoms with Crippen LogP contribution in [0.4, 0.5) is 10.5 Å². The highest BCUT2D eigenvalue weighted by Crippen LogP contribution is 2.28. The molecular weight excluding hydrogens is 546 g/mol. The van der Waals surface area contributed by atoms with E-state index in [4.69, 9.17) is 9.72 Å². The number of benzene rings is 3. The van der Waals surface area contributed by atoms with Gasteiger partial charge in [-0.1, -0.05) is 40.2 Å². The van der Waals surface area contributed by atoms with Gasteiger partial charge in [-0.2, -0.15) is 0 Å². The Morgan fingerprint density at radius 1 is 1.03 bits per heavy atom. The molecule has 0 saturated carbocycles. The first kappa shape index (κ1) is 27.3. The molecule has 4 rings (SSSR count). The first-order valence-corrected chi connectivity index (χ1v) is 13.3. The number of carbonyl (C=O) groups is 1. The van der Waals surface area contributed by atoms with E-state index in [2.05, 4.69) is 21.2 Å². The van der Waals surface area contributed by atoms with Crippen LogP contribution in [0.1, 0.15) is 25.7 Å². The van der Waals surface area contributed by atoms with Crippen molar-refractivity contribution in [1.29, 1.82) is 0 Å². The topological polar surface area (TPSA) is 79.7 Å². The Labute approximate surface area is 231 Å². The molecule has 1 aromatic heterocycles. The summed E-state index contributed by atoms with van der Waals surface area (Å²) in [6, 6.07) is 21.2. The number of aromatic nitrogens is 2. The average Bonchev–Trinajstić information content (AvgIpc) is 2.90. The van der Waals surface area contributed by atoms with Crippen LogP contribution in [0.2, 0.25) is 0 Å². The minimum absolute atomic E-state index is 0.217. The molecule has 1 heterocycles. The van der Waals surface area contributed by atoms with Crippen LogP contribution < -0.4 is 15.6 Å². The molecule has 0 saturated heterocycles. The van der Waals surface area contributed by atoms with E-state index in [1.807, 2.05) is 99.6 Å². The van der Waals surface area contributed by atoms with Gasteiger partial charge in [-0.15, -0.1) is 0 Å². The van der Waals surface area contributed by atoms with Crippen LogP contribution in [0.5, 0.6) is 5.75 Å². The molecular formula is C29H32BrN5O3. The predicted molar refractivity (Wildman–Crippen MR) is 155 cm³/mol. The van der Waals surface area contributed by atoms with Gasteiger partial charge in [-0.05, 0) is 76.5 Å². The molecule has 2 amide bonds. The van der Waals surface area contributed by atoms with Crippen molar-refractivity contribution in [1.82, 2.24) is 19.4 Å².